The summed E-state index contributed by atoms with van der Waals surface area (Å²) in [6.07, 6.45) is 0. The van der Waals surface area contributed by atoms with Crippen LogP contribution in [0.3, 0.4) is 0 Å². The number of halogens is 1. The molecule has 0 spiro atoms. The molecule has 0 radical (unpaired) electrons. The maximum absolute atomic E-state index is 6.14. The van der Waals surface area contributed by atoms with Crippen molar-refractivity contribution in [2.24, 2.45) is 5.73 Å². The molecule has 2 aromatic rings. The molecule has 1 aromatic carbocycles. The number of benzene rings is 1. The van der Waals surface area contributed by atoms with Crippen molar-refractivity contribution in [2.45, 2.75) is 13.5 Å². The van der Waals surface area contributed by atoms with Crippen LogP contribution in [-0.2, 0) is 6.54 Å². The van der Waals surface area contributed by atoms with Crippen molar-refractivity contribution in [3.05, 3.63) is 28.6 Å². The molecule has 0 amide bonds. The first-order valence-electron chi connectivity index (χ1n) is 5.03. The summed E-state index contributed by atoms with van der Waals surface area (Å²) in [5.74, 6) is 1.51. The van der Waals surface area contributed by atoms with Crippen LogP contribution in [-0.4, -0.2) is 17.3 Å². The average molecular weight is 254 g/mol. The molecule has 0 aliphatic heterocycles. The number of nitrogens with two attached hydrogens (primary N) is 1. The third-order valence-electron chi connectivity index (χ3n) is 2.37. The van der Waals surface area contributed by atoms with Gasteiger partial charge in [0.15, 0.2) is 0 Å². The van der Waals surface area contributed by atoms with E-state index in [1.54, 1.807) is 19.2 Å². The van der Waals surface area contributed by atoms with E-state index in [0.717, 1.165) is 11.3 Å². The first-order valence-corrected chi connectivity index (χ1v) is 5.40. The lowest BCUT2D eigenvalue weighted by atomic mass is 10.1. The first kappa shape index (κ1) is 11.9. The third kappa shape index (κ3) is 2.25. The van der Waals surface area contributed by atoms with Gasteiger partial charge in [0.25, 0.3) is 0 Å². The number of hydrogen-bond acceptors (Lipinski definition) is 5. The highest BCUT2D eigenvalue weighted by molar-refractivity contribution is 6.33. The maximum Gasteiger partial charge on any atom is 0.240 e. The van der Waals surface area contributed by atoms with Gasteiger partial charge in [-0.1, -0.05) is 16.8 Å². The van der Waals surface area contributed by atoms with Crippen molar-refractivity contribution in [1.82, 2.24) is 10.1 Å². The highest BCUT2D eigenvalue weighted by atomic mass is 35.5. The summed E-state index contributed by atoms with van der Waals surface area (Å²) in [4.78, 5) is 4.12. The zero-order chi connectivity index (χ0) is 12.4. The quantitative estimate of drug-likeness (QED) is 0.907. The molecular formula is C11H12ClN3O2. The van der Waals surface area contributed by atoms with Crippen LogP contribution < -0.4 is 10.5 Å². The Bertz CT molecular complexity index is 540. The topological polar surface area (TPSA) is 74.2 Å². The fourth-order valence-corrected chi connectivity index (χ4v) is 1.79. The van der Waals surface area contributed by atoms with Gasteiger partial charge in [-0.2, -0.15) is 4.98 Å². The van der Waals surface area contributed by atoms with Gasteiger partial charge in [0, 0.05) is 5.56 Å². The van der Waals surface area contributed by atoms with Crippen LogP contribution in [0.25, 0.3) is 11.4 Å². The SMILES string of the molecule is COc1cc(-c2noc(CN)n2)c(Cl)cc1C. The van der Waals surface area contributed by atoms with Gasteiger partial charge < -0.3 is 15.0 Å². The van der Waals surface area contributed by atoms with Gasteiger partial charge in [0.05, 0.1) is 18.7 Å². The normalized spacial score (nSPS) is 10.6. The van der Waals surface area contributed by atoms with Gasteiger partial charge in [-0.05, 0) is 24.6 Å². The van der Waals surface area contributed by atoms with Crippen LogP contribution >= 0.6 is 11.6 Å². The van der Waals surface area contributed by atoms with E-state index >= 15 is 0 Å². The Morgan fingerprint density at radius 2 is 2.24 bits per heavy atom. The van der Waals surface area contributed by atoms with Crippen LogP contribution in [0.5, 0.6) is 5.75 Å². The molecule has 1 heterocycles. The van der Waals surface area contributed by atoms with Gasteiger partial charge >= 0.3 is 0 Å². The lowest BCUT2D eigenvalue weighted by molar-refractivity contribution is 0.380. The molecule has 2 N–H and O–H groups in total. The second kappa shape index (κ2) is 4.73. The molecule has 2 rings (SSSR count). The summed E-state index contributed by atoms with van der Waals surface area (Å²) >= 11 is 6.14. The number of aryl methyl sites for hydroxylation is 1. The molecule has 0 unspecified atom stereocenters. The van der Waals surface area contributed by atoms with E-state index in [1.165, 1.54) is 0 Å². The highest BCUT2D eigenvalue weighted by Crippen LogP contribution is 2.32. The summed E-state index contributed by atoms with van der Waals surface area (Å²) in [6.45, 7) is 2.11. The number of rotatable bonds is 3. The maximum atomic E-state index is 6.14. The van der Waals surface area contributed by atoms with Crippen molar-refractivity contribution in [2.75, 3.05) is 7.11 Å². The fraction of sp³-hybridized carbons (Fsp3) is 0.273. The Labute approximate surface area is 104 Å². The van der Waals surface area contributed by atoms with Crippen LogP contribution in [0.15, 0.2) is 16.7 Å². The molecule has 0 saturated heterocycles. The van der Waals surface area contributed by atoms with Gasteiger partial charge in [0.1, 0.15) is 5.75 Å². The molecule has 1 aromatic heterocycles. The summed E-state index contributed by atoms with van der Waals surface area (Å²) in [5, 5.41) is 4.37. The van der Waals surface area contributed by atoms with E-state index in [0.29, 0.717) is 22.3 Å². The van der Waals surface area contributed by atoms with Crippen LogP contribution in [0.1, 0.15) is 11.5 Å². The monoisotopic (exact) mass is 253 g/mol. The van der Waals surface area contributed by atoms with Crippen LogP contribution in [0, 0.1) is 6.92 Å². The second-order valence-electron chi connectivity index (χ2n) is 3.52. The summed E-state index contributed by atoms with van der Waals surface area (Å²) in [7, 11) is 1.60. The Morgan fingerprint density at radius 1 is 1.47 bits per heavy atom. The van der Waals surface area contributed by atoms with E-state index in [2.05, 4.69) is 10.1 Å². The van der Waals surface area contributed by atoms with Crippen molar-refractivity contribution in [3.63, 3.8) is 0 Å². The lowest BCUT2D eigenvalue weighted by Gasteiger charge is -2.07. The van der Waals surface area contributed by atoms with Crippen molar-refractivity contribution in [1.29, 1.82) is 0 Å². The number of hydrogen-bond donors (Lipinski definition) is 1. The Balaban J connectivity index is 2.50. The third-order valence-corrected chi connectivity index (χ3v) is 2.68. The minimum absolute atomic E-state index is 0.202. The van der Waals surface area contributed by atoms with E-state index in [1.807, 2.05) is 6.92 Å². The number of ether oxygens (including phenoxy) is 1. The van der Waals surface area contributed by atoms with Gasteiger partial charge in [-0.15, -0.1) is 0 Å². The van der Waals surface area contributed by atoms with E-state index < -0.39 is 0 Å². The second-order valence-corrected chi connectivity index (χ2v) is 3.92. The lowest BCUT2D eigenvalue weighted by Crippen LogP contribution is -1.96. The van der Waals surface area contributed by atoms with Gasteiger partial charge in [-0.25, -0.2) is 0 Å². The highest BCUT2D eigenvalue weighted by Gasteiger charge is 2.13. The molecule has 0 saturated carbocycles. The molecule has 17 heavy (non-hydrogen) atoms. The predicted molar refractivity (Wildman–Crippen MR) is 63.9 cm³/mol. The minimum Gasteiger partial charge on any atom is -0.496 e. The molecule has 0 fully saturated rings. The fourth-order valence-electron chi connectivity index (χ4n) is 1.49. The van der Waals surface area contributed by atoms with Crippen molar-refractivity contribution >= 4 is 11.6 Å². The minimum atomic E-state index is 0.202. The molecule has 0 aliphatic carbocycles. The summed E-state index contributed by atoms with van der Waals surface area (Å²) in [5.41, 5.74) is 7.02. The molecule has 5 nitrogen and oxygen atoms in total. The van der Waals surface area contributed by atoms with Crippen molar-refractivity contribution in [3.8, 4) is 17.1 Å². The zero-order valence-electron chi connectivity index (χ0n) is 9.53. The number of nitrogens with zero attached hydrogens (tertiary/aromatic N) is 2. The predicted octanol–water partition coefficient (Wildman–Crippen LogP) is 2.17. The van der Waals surface area contributed by atoms with E-state index in [-0.39, 0.29) is 6.54 Å². The molecule has 0 bridgehead atoms. The van der Waals surface area contributed by atoms with E-state index in [9.17, 15) is 0 Å². The van der Waals surface area contributed by atoms with Crippen LogP contribution in [0.4, 0.5) is 0 Å². The van der Waals surface area contributed by atoms with Gasteiger partial charge in [-0.3, -0.25) is 0 Å². The summed E-state index contributed by atoms with van der Waals surface area (Å²) in [6, 6.07) is 3.58. The first-order chi connectivity index (χ1) is 8.15. The largest absolute Gasteiger partial charge is 0.496 e. The molecule has 6 heteroatoms. The Hall–Kier alpha value is -1.59. The Morgan fingerprint density at radius 3 is 2.82 bits per heavy atom. The number of methoxy groups -OCH3 is 1. The van der Waals surface area contributed by atoms with Crippen molar-refractivity contribution < 1.29 is 9.26 Å². The average Bonchev–Trinajstić information content (AvgIpc) is 2.78. The summed E-state index contributed by atoms with van der Waals surface area (Å²) < 4.78 is 10.2. The van der Waals surface area contributed by atoms with E-state index in [4.69, 9.17) is 26.6 Å². The molecule has 0 atom stereocenters. The zero-order valence-corrected chi connectivity index (χ0v) is 10.3. The molecule has 0 aliphatic rings. The molecular weight excluding hydrogens is 242 g/mol. The smallest absolute Gasteiger partial charge is 0.240 e. The number of aromatic nitrogens is 2. The van der Waals surface area contributed by atoms with Gasteiger partial charge in [0.2, 0.25) is 11.7 Å². The molecule has 90 valence electrons. The Kier molecular flexibility index (Phi) is 3.31. The standard InChI is InChI=1S/C11H12ClN3O2/c1-6-3-8(12)7(4-9(6)16-2)11-14-10(5-13)17-15-11/h3-4H,5,13H2,1-2H3. The van der Waals surface area contributed by atoms with Crippen LogP contribution in [0.2, 0.25) is 5.02 Å².